The van der Waals surface area contributed by atoms with E-state index in [-0.39, 0.29) is 18.5 Å². The van der Waals surface area contributed by atoms with Crippen LogP contribution in [0.25, 0.3) is 0 Å². The summed E-state index contributed by atoms with van der Waals surface area (Å²) in [5.41, 5.74) is 2.16. The van der Waals surface area contributed by atoms with Gasteiger partial charge in [-0.25, -0.2) is 10.3 Å². The third-order valence-electron chi connectivity index (χ3n) is 1.96. The third-order valence-corrected chi connectivity index (χ3v) is 1.96. The molecule has 1 atom stereocenters. The van der Waals surface area contributed by atoms with Crippen molar-refractivity contribution >= 4 is 11.9 Å². The maximum atomic E-state index is 11.1. The first-order valence-corrected chi connectivity index (χ1v) is 4.24. The summed E-state index contributed by atoms with van der Waals surface area (Å²) in [6.07, 6.45) is 2.06. The van der Waals surface area contributed by atoms with E-state index in [1.807, 2.05) is 0 Å². The predicted octanol–water partition coefficient (Wildman–Crippen LogP) is -1.12. The molecule has 6 nitrogen and oxygen atoms in total. The van der Waals surface area contributed by atoms with Gasteiger partial charge in [0.25, 0.3) is 5.91 Å². The van der Waals surface area contributed by atoms with Gasteiger partial charge in [-0.2, -0.15) is 0 Å². The number of nitrogens with one attached hydrogen (secondary N) is 3. The van der Waals surface area contributed by atoms with E-state index in [9.17, 15) is 9.59 Å². The summed E-state index contributed by atoms with van der Waals surface area (Å²) in [4.78, 5) is 26.7. The first-order chi connectivity index (χ1) is 6.25. The Kier molecular flexibility index (Phi) is 2.05. The molecule has 0 aromatic rings. The van der Waals surface area contributed by atoms with E-state index in [0.717, 1.165) is 12.8 Å². The molecule has 6 heteroatoms. The molecule has 3 N–H and O–H groups in total. The van der Waals surface area contributed by atoms with E-state index in [0.29, 0.717) is 6.04 Å². The lowest BCUT2D eigenvalue weighted by Crippen LogP contribution is -2.47. The maximum Gasteiger partial charge on any atom is 0.315 e. The topological polar surface area (TPSA) is 79.5 Å². The molecule has 0 aromatic heterocycles. The van der Waals surface area contributed by atoms with Crippen LogP contribution in [0.4, 0.5) is 4.79 Å². The van der Waals surface area contributed by atoms with Crippen LogP contribution in [0.2, 0.25) is 0 Å². The maximum absolute atomic E-state index is 11.1. The Morgan fingerprint density at radius 3 is 2.77 bits per heavy atom. The Hall–Kier alpha value is -1.30. The number of amides is 3. The highest BCUT2D eigenvalue weighted by Crippen LogP contribution is 2.18. The van der Waals surface area contributed by atoms with Gasteiger partial charge >= 0.3 is 6.03 Å². The average Bonchev–Trinajstić information content (AvgIpc) is 2.79. The summed E-state index contributed by atoms with van der Waals surface area (Å²) < 4.78 is 0. The van der Waals surface area contributed by atoms with Crippen LogP contribution in [-0.4, -0.2) is 30.6 Å². The van der Waals surface area contributed by atoms with Crippen molar-refractivity contribution in [1.82, 2.24) is 16.1 Å². The second kappa shape index (κ2) is 3.21. The van der Waals surface area contributed by atoms with Gasteiger partial charge in [0.15, 0.2) is 0 Å². The molecule has 1 aliphatic heterocycles. The molecule has 0 aromatic carbocycles. The first-order valence-electron chi connectivity index (χ1n) is 4.24. The summed E-state index contributed by atoms with van der Waals surface area (Å²) >= 11 is 0. The zero-order valence-electron chi connectivity index (χ0n) is 7.00. The highest BCUT2D eigenvalue weighted by atomic mass is 16.7. The van der Waals surface area contributed by atoms with Crippen LogP contribution in [0.3, 0.4) is 0 Å². The molecule has 1 heterocycles. The molecule has 0 unspecified atom stereocenters. The van der Waals surface area contributed by atoms with Gasteiger partial charge in [-0.15, -0.1) is 0 Å². The molecule has 2 fully saturated rings. The summed E-state index contributed by atoms with van der Waals surface area (Å²) in [5.74, 6) is -0.300. The van der Waals surface area contributed by atoms with Gasteiger partial charge in [0, 0.05) is 6.04 Å². The molecule has 2 rings (SSSR count). The minimum absolute atomic E-state index is 0.191. The molecular weight excluding hydrogens is 174 g/mol. The van der Waals surface area contributed by atoms with Gasteiger partial charge in [-0.3, -0.25) is 9.63 Å². The minimum atomic E-state index is -0.557. The Morgan fingerprint density at radius 1 is 1.46 bits per heavy atom. The number of hydroxylamine groups is 1. The molecule has 13 heavy (non-hydrogen) atoms. The van der Waals surface area contributed by atoms with Crippen LogP contribution in [0, 0.1) is 0 Å². The highest BCUT2D eigenvalue weighted by molar-refractivity contribution is 5.87. The Morgan fingerprint density at radius 2 is 2.23 bits per heavy atom. The largest absolute Gasteiger partial charge is 0.335 e. The monoisotopic (exact) mass is 185 g/mol. The lowest BCUT2D eigenvalue weighted by Gasteiger charge is -2.08. The van der Waals surface area contributed by atoms with Crippen LogP contribution in [0.15, 0.2) is 0 Å². The van der Waals surface area contributed by atoms with Gasteiger partial charge in [-0.1, -0.05) is 0 Å². The van der Waals surface area contributed by atoms with Crippen molar-refractivity contribution in [1.29, 1.82) is 0 Å². The van der Waals surface area contributed by atoms with E-state index in [4.69, 9.17) is 0 Å². The molecule has 3 amide bonds. The second-order valence-corrected chi connectivity index (χ2v) is 3.22. The van der Waals surface area contributed by atoms with Crippen molar-refractivity contribution in [2.45, 2.75) is 24.9 Å². The molecule has 72 valence electrons. The summed E-state index contributed by atoms with van der Waals surface area (Å²) in [6.45, 7) is 0.191. The molecular formula is C7H11N3O3. The van der Waals surface area contributed by atoms with E-state index < -0.39 is 6.04 Å². The van der Waals surface area contributed by atoms with Crippen LogP contribution in [-0.2, 0) is 9.63 Å². The number of urea groups is 1. The highest BCUT2D eigenvalue weighted by Gasteiger charge is 2.29. The lowest BCUT2D eigenvalue weighted by molar-refractivity contribution is -0.124. The van der Waals surface area contributed by atoms with Crippen LogP contribution in [0.5, 0.6) is 0 Å². The van der Waals surface area contributed by atoms with Crippen molar-refractivity contribution in [3.05, 3.63) is 0 Å². The molecule has 1 saturated heterocycles. The van der Waals surface area contributed by atoms with E-state index >= 15 is 0 Å². The van der Waals surface area contributed by atoms with Crippen molar-refractivity contribution < 1.29 is 14.4 Å². The lowest BCUT2D eigenvalue weighted by atomic mass is 10.3. The first kappa shape index (κ1) is 8.31. The van der Waals surface area contributed by atoms with Crippen molar-refractivity contribution in [2.75, 3.05) is 6.61 Å². The predicted molar refractivity (Wildman–Crippen MR) is 42.6 cm³/mol. The zero-order valence-corrected chi connectivity index (χ0v) is 7.00. The SMILES string of the molecule is O=C(NC1CC1)N[C@@H]1CONC1=O. The van der Waals surface area contributed by atoms with Gasteiger partial charge in [0.1, 0.15) is 12.6 Å². The van der Waals surface area contributed by atoms with Crippen LogP contribution in [0.1, 0.15) is 12.8 Å². The summed E-state index contributed by atoms with van der Waals surface area (Å²) in [5, 5.41) is 5.23. The molecule has 1 saturated carbocycles. The van der Waals surface area contributed by atoms with E-state index in [2.05, 4.69) is 21.0 Å². The molecule has 0 radical (unpaired) electrons. The molecule has 0 bridgehead atoms. The fourth-order valence-corrected chi connectivity index (χ4v) is 1.06. The second-order valence-electron chi connectivity index (χ2n) is 3.22. The molecule has 2 aliphatic rings. The smallest absolute Gasteiger partial charge is 0.315 e. The van der Waals surface area contributed by atoms with Gasteiger partial charge in [0.05, 0.1) is 0 Å². The normalized spacial score (nSPS) is 26.8. The van der Waals surface area contributed by atoms with Crippen LogP contribution < -0.4 is 16.1 Å². The Bertz CT molecular complexity index is 239. The standard InChI is InChI=1S/C7H11N3O3/c11-6-5(3-13-10-6)9-7(12)8-4-1-2-4/h4-5H,1-3H2,(H,10,11)(H2,8,9,12)/t5-/m1/s1. The van der Waals surface area contributed by atoms with Gasteiger partial charge in [0.2, 0.25) is 0 Å². The average molecular weight is 185 g/mol. The number of carbonyl (C=O) groups is 2. The zero-order chi connectivity index (χ0) is 9.26. The fourth-order valence-electron chi connectivity index (χ4n) is 1.06. The van der Waals surface area contributed by atoms with Gasteiger partial charge in [-0.05, 0) is 12.8 Å². The number of carbonyl (C=O) groups excluding carboxylic acids is 2. The molecule has 1 aliphatic carbocycles. The van der Waals surface area contributed by atoms with E-state index in [1.165, 1.54) is 0 Å². The summed E-state index contributed by atoms with van der Waals surface area (Å²) in [6, 6.07) is -0.558. The van der Waals surface area contributed by atoms with Crippen molar-refractivity contribution in [3.8, 4) is 0 Å². The van der Waals surface area contributed by atoms with Gasteiger partial charge < -0.3 is 10.6 Å². The summed E-state index contributed by atoms with van der Waals surface area (Å²) in [7, 11) is 0. The number of hydrogen-bond donors (Lipinski definition) is 3. The quantitative estimate of drug-likeness (QED) is 0.509. The van der Waals surface area contributed by atoms with E-state index in [1.54, 1.807) is 0 Å². The number of hydrogen-bond acceptors (Lipinski definition) is 3. The molecule has 0 spiro atoms. The van der Waals surface area contributed by atoms with Crippen LogP contribution >= 0.6 is 0 Å². The number of rotatable bonds is 2. The minimum Gasteiger partial charge on any atom is -0.335 e. The van der Waals surface area contributed by atoms with Crippen molar-refractivity contribution in [3.63, 3.8) is 0 Å². The third kappa shape index (κ3) is 2.09. The Labute approximate surface area is 75.0 Å². The Balaban J connectivity index is 1.75. The fraction of sp³-hybridized carbons (Fsp3) is 0.714. The van der Waals surface area contributed by atoms with Crippen molar-refractivity contribution in [2.24, 2.45) is 0 Å².